The number of fused-ring (bicyclic) bond motifs is 1. The standard InChI is InChI=1S/C24H24FN5O3/c25-17-8-4-7-16(11-17)18-9-10-26-23(28-18)29-19-13-32-22-20(14-33-21(19)22)30-24(31)27-12-15-5-2-1-3-6-15/h1-11,19-22H,12-14H2,(H,26,28,29)(H2,27,30,31)/t19-,20-,21+,22+/m0/s1. The Kier molecular flexibility index (Phi) is 6.14. The molecule has 3 heterocycles. The van der Waals surface area contributed by atoms with Crippen LogP contribution in [-0.4, -0.2) is 53.5 Å². The topological polar surface area (TPSA) is 97.4 Å². The summed E-state index contributed by atoms with van der Waals surface area (Å²) in [5.74, 6) is 0.0879. The van der Waals surface area contributed by atoms with E-state index in [4.69, 9.17) is 9.47 Å². The van der Waals surface area contributed by atoms with Crippen molar-refractivity contribution in [2.75, 3.05) is 18.5 Å². The molecule has 0 unspecified atom stereocenters. The van der Waals surface area contributed by atoms with Crippen molar-refractivity contribution in [2.45, 2.75) is 30.8 Å². The van der Waals surface area contributed by atoms with Crippen LogP contribution in [0.1, 0.15) is 5.56 Å². The van der Waals surface area contributed by atoms with E-state index in [0.717, 1.165) is 5.56 Å². The second-order valence-electron chi connectivity index (χ2n) is 8.04. The van der Waals surface area contributed by atoms with E-state index in [2.05, 4.69) is 25.9 Å². The first-order chi connectivity index (χ1) is 16.2. The zero-order valence-electron chi connectivity index (χ0n) is 17.8. The summed E-state index contributed by atoms with van der Waals surface area (Å²) < 4.78 is 25.4. The lowest BCUT2D eigenvalue weighted by Gasteiger charge is -2.18. The van der Waals surface area contributed by atoms with Crippen LogP contribution < -0.4 is 16.0 Å². The number of nitrogens with zero attached hydrogens (tertiary/aromatic N) is 2. The number of amides is 2. The highest BCUT2D eigenvalue weighted by Gasteiger charge is 2.48. The smallest absolute Gasteiger partial charge is 0.315 e. The Morgan fingerprint density at radius 3 is 2.61 bits per heavy atom. The Hall–Kier alpha value is -3.56. The highest BCUT2D eigenvalue weighted by molar-refractivity contribution is 5.74. The normalized spacial score (nSPS) is 23.7. The lowest BCUT2D eigenvalue weighted by molar-refractivity contribution is 0.0682. The number of anilines is 1. The molecular weight excluding hydrogens is 425 g/mol. The van der Waals surface area contributed by atoms with Gasteiger partial charge in [-0.25, -0.2) is 19.2 Å². The van der Waals surface area contributed by atoms with E-state index in [1.54, 1.807) is 24.4 Å². The van der Waals surface area contributed by atoms with Gasteiger partial charge >= 0.3 is 6.03 Å². The first kappa shape index (κ1) is 21.3. The van der Waals surface area contributed by atoms with Gasteiger partial charge in [-0.05, 0) is 23.8 Å². The molecular formula is C24H24FN5O3. The van der Waals surface area contributed by atoms with Crippen LogP contribution in [-0.2, 0) is 16.0 Å². The van der Waals surface area contributed by atoms with Gasteiger partial charge in [-0.2, -0.15) is 0 Å². The summed E-state index contributed by atoms with van der Waals surface area (Å²) in [5.41, 5.74) is 2.31. The van der Waals surface area contributed by atoms with Crippen LogP contribution in [0.15, 0.2) is 66.9 Å². The first-order valence-electron chi connectivity index (χ1n) is 10.8. The lowest BCUT2D eigenvalue weighted by atomic mass is 10.1. The number of urea groups is 1. The van der Waals surface area contributed by atoms with Gasteiger partial charge in [0.2, 0.25) is 5.95 Å². The molecule has 3 N–H and O–H groups in total. The molecule has 2 aliphatic rings. The summed E-state index contributed by atoms with van der Waals surface area (Å²) >= 11 is 0. The van der Waals surface area contributed by atoms with E-state index in [1.165, 1.54) is 12.1 Å². The maximum Gasteiger partial charge on any atom is 0.315 e. The van der Waals surface area contributed by atoms with E-state index in [1.807, 2.05) is 30.3 Å². The minimum absolute atomic E-state index is 0.170. The van der Waals surface area contributed by atoms with Crippen LogP contribution >= 0.6 is 0 Å². The Morgan fingerprint density at radius 2 is 1.79 bits per heavy atom. The third-order valence-corrected chi connectivity index (χ3v) is 5.76. The maximum absolute atomic E-state index is 13.6. The van der Waals surface area contributed by atoms with Crippen LogP contribution in [0.5, 0.6) is 0 Å². The summed E-state index contributed by atoms with van der Waals surface area (Å²) in [6.45, 7) is 1.20. The van der Waals surface area contributed by atoms with E-state index >= 15 is 0 Å². The Morgan fingerprint density at radius 1 is 1.00 bits per heavy atom. The molecule has 5 rings (SSSR count). The first-order valence-corrected chi connectivity index (χ1v) is 10.8. The molecule has 3 aromatic rings. The fourth-order valence-electron chi connectivity index (χ4n) is 4.15. The maximum atomic E-state index is 13.6. The predicted octanol–water partition coefficient (Wildman–Crippen LogP) is 2.73. The molecule has 0 radical (unpaired) electrons. The van der Waals surface area contributed by atoms with E-state index < -0.39 is 0 Å². The lowest BCUT2D eigenvalue weighted by Crippen LogP contribution is -2.48. The third-order valence-electron chi connectivity index (χ3n) is 5.76. The number of hydrogen-bond acceptors (Lipinski definition) is 6. The predicted molar refractivity (Wildman–Crippen MR) is 120 cm³/mol. The molecule has 33 heavy (non-hydrogen) atoms. The van der Waals surface area contributed by atoms with Gasteiger partial charge in [-0.1, -0.05) is 42.5 Å². The van der Waals surface area contributed by atoms with Crippen molar-refractivity contribution >= 4 is 12.0 Å². The molecule has 2 aromatic carbocycles. The average molecular weight is 449 g/mol. The van der Waals surface area contributed by atoms with Gasteiger partial charge in [0.25, 0.3) is 0 Å². The number of ether oxygens (including phenoxy) is 2. The molecule has 170 valence electrons. The molecule has 0 bridgehead atoms. The number of rotatable bonds is 6. The number of halogens is 1. The van der Waals surface area contributed by atoms with Gasteiger partial charge in [-0.3, -0.25) is 0 Å². The number of carbonyl (C=O) groups excluding carboxylic acids is 1. The molecule has 0 spiro atoms. The minimum atomic E-state index is -0.321. The van der Waals surface area contributed by atoms with Gasteiger partial charge in [0, 0.05) is 18.3 Å². The van der Waals surface area contributed by atoms with Crippen molar-refractivity contribution in [1.29, 1.82) is 0 Å². The Balaban J connectivity index is 1.17. The summed E-state index contributed by atoms with van der Waals surface area (Å²) in [5, 5.41) is 9.07. The number of nitrogens with one attached hydrogen (secondary N) is 3. The molecule has 9 heteroatoms. The van der Waals surface area contributed by atoms with Crippen LogP contribution in [0.2, 0.25) is 0 Å². The van der Waals surface area contributed by atoms with Crippen molar-refractivity contribution in [3.8, 4) is 11.3 Å². The fraction of sp³-hybridized carbons (Fsp3) is 0.292. The van der Waals surface area contributed by atoms with Gasteiger partial charge in [-0.15, -0.1) is 0 Å². The quantitative estimate of drug-likeness (QED) is 0.536. The summed E-state index contributed by atoms with van der Waals surface area (Å²) in [7, 11) is 0. The number of benzene rings is 2. The molecule has 1 aromatic heterocycles. The van der Waals surface area contributed by atoms with E-state index in [0.29, 0.717) is 37.0 Å². The van der Waals surface area contributed by atoms with Crippen molar-refractivity contribution in [3.63, 3.8) is 0 Å². The summed E-state index contributed by atoms with van der Waals surface area (Å²) in [6.07, 6.45) is 1.11. The number of hydrogen-bond donors (Lipinski definition) is 3. The largest absolute Gasteiger partial charge is 0.371 e. The zero-order chi connectivity index (χ0) is 22.6. The van der Waals surface area contributed by atoms with Gasteiger partial charge in [0.15, 0.2) is 0 Å². The van der Waals surface area contributed by atoms with E-state index in [9.17, 15) is 9.18 Å². The minimum Gasteiger partial charge on any atom is -0.371 e. The van der Waals surface area contributed by atoms with Crippen LogP contribution in [0.3, 0.4) is 0 Å². The van der Waals surface area contributed by atoms with Crippen LogP contribution in [0.4, 0.5) is 15.1 Å². The van der Waals surface area contributed by atoms with Crippen molar-refractivity contribution in [1.82, 2.24) is 20.6 Å². The molecule has 2 aliphatic heterocycles. The van der Waals surface area contributed by atoms with Crippen LogP contribution in [0, 0.1) is 5.82 Å². The fourth-order valence-corrected chi connectivity index (χ4v) is 4.15. The zero-order valence-corrected chi connectivity index (χ0v) is 17.8. The van der Waals surface area contributed by atoms with E-state index in [-0.39, 0.29) is 36.1 Å². The van der Waals surface area contributed by atoms with Gasteiger partial charge in [0.05, 0.1) is 31.0 Å². The molecule has 4 atom stereocenters. The van der Waals surface area contributed by atoms with Crippen molar-refractivity contribution < 1.29 is 18.7 Å². The SMILES string of the molecule is O=C(NCc1ccccc1)N[C@H]1CO[C@H]2[C@@H]1OC[C@@H]2Nc1nccc(-c2cccc(F)c2)n1. The molecule has 2 saturated heterocycles. The van der Waals surface area contributed by atoms with Gasteiger partial charge in [0.1, 0.15) is 18.0 Å². The summed E-state index contributed by atoms with van der Waals surface area (Å²) in [4.78, 5) is 21.1. The second kappa shape index (κ2) is 9.51. The van der Waals surface area contributed by atoms with Gasteiger partial charge < -0.3 is 25.4 Å². The molecule has 2 fully saturated rings. The highest BCUT2D eigenvalue weighted by atomic mass is 19.1. The molecule has 2 amide bonds. The number of aromatic nitrogens is 2. The highest BCUT2D eigenvalue weighted by Crippen LogP contribution is 2.29. The second-order valence-corrected chi connectivity index (χ2v) is 8.04. The molecule has 0 saturated carbocycles. The molecule has 8 nitrogen and oxygen atoms in total. The average Bonchev–Trinajstić information content (AvgIpc) is 3.42. The third kappa shape index (κ3) is 4.94. The number of carbonyl (C=O) groups is 1. The Labute approximate surface area is 190 Å². The van der Waals surface area contributed by atoms with Crippen LogP contribution in [0.25, 0.3) is 11.3 Å². The van der Waals surface area contributed by atoms with Crippen molar-refractivity contribution in [2.24, 2.45) is 0 Å². The summed E-state index contributed by atoms with van der Waals surface area (Å²) in [6, 6.07) is 17.0. The van der Waals surface area contributed by atoms with Crippen molar-refractivity contribution in [3.05, 3.63) is 78.2 Å². The monoisotopic (exact) mass is 449 g/mol. The molecule has 0 aliphatic carbocycles. The Bertz CT molecular complexity index is 1120.